The van der Waals surface area contributed by atoms with Gasteiger partial charge in [0, 0.05) is 50.0 Å². The van der Waals surface area contributed by atoms with Crippen molar-refractivity contribution in [2.75, 3.05) is 50.6 Å². The molecule has 0 aliphatic carbocycles. The van der Waals surface area contributed by atoms with Crippen LogP contribution in [0.4, 0.5) is 11.4 Å². The zero-order chi connectivity index (χ0) is 22.4. The number of benzene rings is 2. The predicted molar refractivity (Wildman–Crippen MR) is 124 cm³/mol. The third kappa shape index (κ3) is 5.64. The Hall–Kier alpha value is -3.33. The van der Waals surface area contributed by atoms with Gasteiger partial charge >= 0.3 is 0 Å². The number of nitrogens with one attached hydrogen (secondary N) is 2. The molecular formula is C22H26N4O4S. The van der Waals surface area contributed by atoms with Gasteiger partial charge in [-0.25, -0.2) is 0 Å². The summed E-state index contributed by atoms with van der Waals surface area (Å²) in [7, 11) is 3.05. The summed E-state index contributed by atoms with van der Waals surface area (Å²) in [5.41, 5.74) is 2.25. The van der Waals surface area contributed by atoms with Gasteiger partial charge in [-0.15, -0.1) is 0 Å². The Bertz CT molecular complexity index is 956. The van der Waals surface area contributed by atoms with Crippen molar-refractivity contribution in [2.45, 2.75) is 6.92 Å². The summed E-state index contributed by atoms with van der Waals surface area (Å²) in [6, 6.07) is 12.7. The quantitative estimate of drug-likeness (QED) is 0.689. The molecule has 0 bridgehead atoms. The second-order valence-corrected chi connectivity index (χ2v) is 7.43. The Morgan fingerprint density at radius 3 is 2.16 bits per heavy atom. The molecule has 31 heavy (non-hydrogen) atoms. The van der Waals surface area contributed by atoms with Crippen LogP contribution in [-0.2, 0) is 4.79 Å². The first-order chi connectivity index (χ1) is 14.9. The van der Waals surface area contributed by atoms with Crippen molar-refractivity contribution in [3.8, 4) is 11.5 Å². The topological polar surface area (TPSA) is 83.1 Å². The zero-order valence-corrected chi connectivity index (χ0v) is 18.6. The first kappa shape index (κ1) is 22.4. The lowest BCUT2D eigenvalue weighted by molar-refractivity contribution is -0.129. The van der Waals surface area contributed by atoms with Gasteiger partial charge in [-0.1, -0.05) is 0 Å². The molecule has 1 heterocycles. The smallest absolute Gasteiger partial charge is 0.257 e. The molecule has 8 nitrogen and oxygen atoms in total. The van der Waals surface area contributed by atoms with E-state index in [2.05, 4.69) is 15.5 Å². The highest BCUT2D eigenvalue weighted by Crippen LogP contribution is 2.27. The van der Waals surface area contributed by atoms with Crippen LogP contribution in [0.2, 0.25) is 0 Å². The number of hydrogen-bond acceptors (Lipinski definition) is 6. The first-order valence-corrected chi connectivity index (χ1v) is 10.3. The summed E-state index contributed by atoms with van der Waals surface area (Å²) >= 11 is 5.27. The SMILES string of the molecule is COc1ccc(C(=O)NC(=S)Nc2ccc(N3CCN(C(C)=O)CC3)cc2)cc1OC. The molecule has 2 amide bonds. The molecule has 1 saturated heterocycles. The first-order valence-electron chi connectivity index (χ1n) is 9.86. The zero-order valence-electron chi connectivity index (χ0n) is 17.8. The maximum absolute atomic E-state index is 12.5. The second kappa shape index (κ2) is 10.1. The Balaban J connectivity index is 1.55. The van der Waals surface area contributed by atoms with Gasteiger partial charge in [0.2, 0.25) is 5.91 Å². The number of ether oxygens (including phenoxy) is 2. The molecule has 2 aromatic carbocycles. The van der Waals surface area contributed by atoms with Crippen molar-refractivity contribution < 1.29 is 19.1 Å². The van der Waals surface area contributed by atoms with E-state index in [4.69, 9.17) is 21.7 Å². The van der Waals surface area contributed by atoms with E-state index in [1.54, 1.807) is 25.1 Å². The molecule has 0 aromatic heterocycles. The van der Waals surface area contributed by atoms with Crippen LogP contribution in [0.25, 0.3) is 0 Å². The highest BCUT2D eigenvalue weighted by atomic mass is 32.1. The van der Waals surface area contributed by atoms with E-state index in [9.17, 15) is 9.59 Å². The van der Waals surface area contributed by atoms with Crippen molar-refractivity contribution >= 4 is 40.5 Å². The Morgan fingerprint density at radius 1 is 0.935 bits per heavy atom. The number of nitrogens with zero attached hydrogens (tertiary/aromatic N) is 2. The minimum Gasteiger partial charge on any atom is -0.493 e. The van der Waals surface area contributed by atoms with Gasteiger partial charge < -0.3 is 24.6 Å². The normalized spacial score (nSPS) is 13.4. The molecule has 2 N–H and O–H groups in total. The maximum Gasteiger partial charge on any atom is 0.257 e. The number of carbonyl (C=O) groups excluding carboxylic acids is 2. The van der Waals surface area contributed by atoms with Crippen molar-refractivity contribution in [3.63, 3.8) is 0 Å². The molecule has 0 saturated carbocycles. The molecule has 2 aromatic rings. The van der Waals surface area contributed by atoms with E-state index in [1.807, 2.05) is 29.2 Å². The van der Waals surface area contributed by atoms with Gasteiger partial charge in [-0.3, -0.25) is 14.9 Å². The molecular weight excluding hydrogens is 416 g/mol. The fourth-order valence-corrected chi connectivity index (χ4v) is 3.56. The van der Waals surface area contributed by atoms with Crippen LogP contribution in [0.3, 0.4) is 0 Å². The standard InChI is InChI=1S/C22H26N4O4S/c1-15(27)25-10-12-26(13-11-25)18-7-5-17(6-8-18)23-22(31)24-21(28)16-4-9-19(29-2)20(14-16)30-3/h4-9,14H,10-13H2,1-3H3,(H2,23,24,28,31). The van der Waals surface area contributed by atoms with Gasteiger partial charge in [-0.05, 0) is 54.7 Å². The molecule has 164 valence electrons. The Morgan fingerprint density at radius 2 is 1.58 bits per heavy atom. The van der Waals surface area contributed by atoms with Gasteiger partial charge in [0.25, 0.3) is 5.91 Å². The molecule has 1 fully saturated rings. The van der Waals surface area contributed by atoms with Crippen LogP contribution < -0.4 is 25.0 Å². The lowest BCUT2D eigenvalue weighted by Crippen LogP contribution is -2.48. The van der Waals surface area contributed by atoms with E-state index in [0.29, 0.717) is 17.1 Å². The van der Waals surface area contributed by atoms with Gasteiger partial charge in [0.15, 0.2) is 16.6 Å². The van der Waals surface area contributed by atoms with Crippen LogP contribution in [0.1, 0.15) is 17.3 Å². The minimum absolute atomic E-state index is 0.114. The van der Waals surface area contributed by atoms with Crippen LogP contribution in [0.15, 0.2) is 42.5 Å². The molecule has 0 spiro atoms. The summed E-state index contributed by atoms with van der Waals surface area (Å²) in [5, 5.41) is 5.88. The number of piperazine rings is 1. The summed E-state index contributed by atoms with van der Waals surface area (Å²) in [6.45, 7) is 4.64. The fourth-order valence-electron chi connectivity index (χ4n) is 3.35. The molecule has 3 rings (SSSR count). The molecule has 0 atom stereocenters. The lowest BCUT2D eigenvalue weighted by atomic mass is 10.2. The predicted octanol–water partition coefficient (Wildman–Crippen LogP) is 2.50. The monoisotopic (exact) mass is 442 g/mol. The van der Waals surface area contributed by atoms with E-state index in [1.165, 1.54) is 14.2 Å². The van der Waals surface area contributed by atoms with Crippen LogP contribution in [0.5, 0.6) is 11.5 Å². The summed E-state index contributed by atoms with van der Waals surface area (Å²) in [6.07, 6.45) is 0. The number of hydrogen-bond donors (Lipinski definition) is 2. The summed E-state index contributed by atoms with van der Waals surface area (Å²) < 4.78 is 10.4. The molecule has 9 heteroatoms. The van der Waals surface area contributed by atoms with E-state index < -0.39 is 0 Å². The molecule has 1 aliphatic rings. The highest BCUT2D eigenvalue weighted by molar-refractivity contribution is 7.80. The van der Waals surface area contributed by atoms with E-state index >= 15 is 0 Å². The number of amides is 2. The molecule has 0 unspecified atom stereocenters. The molecule has 0 radical (unpaired) electrons. The van der Waals surface area contributed by atoms with Crippen molar-refractivity contribution in [1.29, 1.82) is 0 Å². The van der Waals surface area contributed by atoms with Crippen LogP contribution >= 0.6 is 12.2 Å². The van der Waals surface area contributed by atoms with Gasteiger partial charge in [0.05, 0.1) is 14.2 Å². The van der Waals surface area contributed by atoms with E-state index in [0.717, 1.165) is 37.6 Å². The third-order valence-electron chi connectivity index (χ3n) is 5.09. The highest BCUT2D eigenvalue weighted by Gasteiger charge is 2.18. The van der Waals surface area contributed by atoms with Crippen molar-refractivity contribution in [2.24, 2.45) is 0 Å². The van der Waals surface area contributed by atoms with Gasteiger partial charge in [0.1, 0.15) is 0 Å². The lowest BCUT2D eigenvalue weighted by Gasteiger charge is -2.35. The Kier molecular flexibility index (Phi) is 7.30. The molecule has 1 aliphatic heterocycles. The summed E-state index contributed by atoms with van der Waals surface area (Å²) in [4.78, 5) is 28.0. The summed E-state index contributed by atoms with van der Waals surface area (Å²) in [5.74, 6) is 0.776. The number of thiocarbonyl (C=S) groups is 1. The number of anilines is 2. The number of rotatable bonds is 5. The van der Waals surface area contributed by atoms with E-state index in [-0.39, 0.29) is 16.9 Å². The van der Waals surface area contributed by atoms with Crippen LogP contribution in [0, 0.1) is 0 Å². The van der Waals surface area contributed by atoms with Gasteiger partial charge in [-0.2, -0.15) is 0 Å². The van der Waals surface area contributed by atoms with Crippen molar-refractivity contribution in [3.05, 3.63) is 48.0 Å². The Labute approximate surface area is 187 Å². The maximum atomic E-state index is 12.5. The number of methoxy groups -OCH3 is 2. The average Bonchev–Trinajstić information content (AvgIpc) is 2.79. The largest absolute Gasteiger partial charge is 0.493 e. The van der Waals surface area contributed by atoms with Crippen LogP contribution in [-0.4, -0.2) is 62.2 Å². The minimum atomic E-state index is -0.349. The average molecular weight is 443 g/mol. The third-order valence-corrected chi connectivity index (χ3v) is 5.29. The number of carbonyl (C=O) groups is 2. The fraction of sp³-hybridized carbons (Fsp3) is 0.318. The second-order valence-electron chi connectivity index (χ2n) is 7.02. The van der Waals surface area contributed by atoms with Crippen molar-refractivity contribution in [1.82, 2.24) is 10.2 Å².